The number of carbonyl (C=O) groups excluding carboxylic acids is 1. The Morgan fingerprint density at radius 1 is 1.47 bits per heavy atom. The maximum absolute atomic E-state index is 11.9. The summed E-state index contributed by atoms with van der Waals surface area (Å²) in [5.74, 6) is 0.0694. The fraction of sp³-hybridized carbons (Fsp3) is 0.923. The standard InChI is InChI=1S/C13H23NO3/c1-10-11(4-2-9-17-10)12(15)14-8-7-13(16)5-3-6-13/h10-11,16H,2-9H2,1H3,(H,14,15). The zero-order valence-corrected chi connectivity index (χ0v) is 10.6. The Morgan fingerprint density at radius 3 is 2.82 bits per heavy atom. The van der Waals surface area contributed by atoms with Gasteiger partial charge in [0.05, 0.1) is 17.6 Å². The number of ether oxygens (including phenoxy) is 1. The maximum atomic E-state index is 11.9. The predicted molar refractivity (Wildman–Crippen MR) is 64.6 cm³/mol. The number of aliphatic hydroxyl groups is 1. The lowest BCUT2D eigenvalue weighted by molar-refractivity contribution is -0.133. The zero-order chi connectivity index (χ0) is 12.3. The van der Waals surface area contributed by atoms with Crippen molar-refractivity contribution >= 4 is 5.91 Å². The van der Waals surface area contributed by atoms with Crippen molar-refractivity contribution < 1.29 is 14.6 Å². The van der Waals surface area contributed by atoms with Crippen molar-refractivity contribution in [3.8, 4) is 0 Å². The summed E-state index contributed by atoms with van der Waals surface area (Å²) in [5, 5.41) is 12.8. The van der Waals surface area contributed by atoms with Gasteiger partial charge < -0.3 is 15.2 Å². The molecule has 2 N–H and O–H groups in total. The summed E-state index contributed by atoms with van der Waals surface area (Å²) in [4.78, 5) is 11.9. The van der Waals surface area contributed by atoms with Crippen LogP contribution in [-0.2, 0) is 9.53 Å². The van der Waals surface area contributed by atoms with E-state index in [-0.39, 0.29) is 17.9 Å². The van der Waals surface area contributed by atoms with Crippen LogP contribution >= 0.6 is 0 Å². The van der Waals surface area contributed by atoms with E-state index in [0.29, 0.717) is 13.0 Å². The van der Waals surface area contributed by atoms with Gasteiger partial charge >= 0.3 is 0 Å². The molecule has 0 radical (unpaired) electrons. The molecule has 4 nitrogen and oxygen atoms in total. The van der Waals surface area contributed by atoms with E-state index in [1.165, 1.54) is 0 Å². The summed E-state index contributed by atoms with van der Waals surface area (Å²) in [7, 11) is 0. The van der Waals surface area contributed by atoms with Crippen molar-refractivity contribution in [2.75, 3.05) is 13.2 Å². The highest BCUT2D eigenvalue weighted by Gasteiger charge is 2.34. The zero-order valence-electron chi connectivity index (χ0n) is 10.6. The number of nitrogens with one attached hydrogen (secondary N) is 1. The summed E-state index contributed by atoms with van der Waals surface area (Å²) < 4.78 is 5.48. The predicted octanol–water partition coefficient (Wildman–Crippen LogP) is 1.22. The first-order chi connectivity index (χ1) is 8.11. The average molecular weight is 241 g/mol. The summed E-state index contributed by atoms with van der Waals surface area (Å²) in [6, 6.07) is 0. The number of rotatable bonds is 4. The molecule has 1 aliphatic heterocycles. The average Bonchev–Trinajstić information content (AvgIpc) is 2.27. The van der Waals surface area contributed by atoms with Crippen LogP contribution in [0.15, 0.2) is 0 Å². The molecule has 2 rings (SSSR count). The van der Waals surface area contributed by atoms with Crippen LogP contribution in [0.25, 0.3) is 0 Å². The molecule has 2 unspecified atom stereocenters. The van der Waals surface area contributed by atoms with Crippen molar-refractivity contribution in [3.05, 3.63) is 0 Å². The Balaban J connectivity index is 1.69. The normalized spacial score (nSPS) is 31.6. The van der Waals surface area contributed by atoms with Crippen molar-refractivity contribution in [1.29, 1.82) is 0 Å². The van der Waals surface area contributed by atoms with Gasteiger partial charge in [-0.1, -0.05) is 0 Å². The van der Waals surface area contributed by atoms with Crippen LogP contribution in [0.1, 0.15) is 45.4 Å². The Kier molecular flexibility index (Phi) is 4.05. The highest BCUT2D eigenvalue weighted by Crippen LogP contribution is 2.34. The molecule has 1 saturated heterocycles. The molecule has 2 atom stereocenters. The van der Waals surface area contributed by atoms with Crippen LogP contribution in [0, 0.1) is 5.92 Å². The van der Waals surface area contributed by atoms with Gasteiger partial charge in [-0.2, -0.15) is 0 Å². The largest absolute Gasteiger partial charge is 0.390 e. The molecule has 1 aliphatic carbocycles. The van der Waals surface area contributed by atoms with Gasteiger partial charge in [0.1, 0.15) is 0 Å². The van der Waals surface area contributed by atoms with Crippen molar-refractivity contribution in [1.82, 2.24) is 5.32 Å². The molecule has 1 heterocycles. The lowest BCUT2D eigenvalue weighted by Crippen LogP contribution is -2.44. The topological polar surface area (TPSA) is 58.6 Å². The molecule has 4 heteroatoms. The van der Waals surface area contributed by atoms with Gasteiger partial charge in [-0.15, -0.1) is 0 Å². The molecule has 0 bridgehead atoms. The molecular formula is C13H23NO3. The lowest BCUT2D eigenvalue weighted by Gasteiger charge is -2.37. The lowest BCUT2D eigenvalue weighted by atomic mass is 9.78. The van der Waals surface area contributed by atoms with Gasteiger partial charge in [0.25, 0.3) is 0 Å². The third kappa shape index (κ3) is 3.19. The van der Waals surface area contributed by atoms with Crippen molar-refractivity contribution in [2.24, 2.45) is 5.92 Å². The number of amides is 1. The van der Waals surface area contributed by atoms with Crippen molar-refractivity contribution in [3.63, 3.8) is 0 Å². The number of carbonyl (C=O) groups is 1. The SMILES string of the molecule is CC1OCCCC1C(=O)NCCC1(O)CCC1. The third-order valence-corrected chi connectivity index (χ3v) is 4.12. The van der Waals surface area contributed by atoms with Crippen LogP contribution in [0.4, 0.5) is 0 Å². The van der Waals surface area contributed by atoms with Crippen LogP contribution < -0.4 is 5.32 Å². The summed E-state index contributed by atoms with van der Waals surface area (Å²) >= 11 is 0. The Hall–Kier alpha value is -0.610. The molecule has 2 aliphatic rings. The minimum Gasteiger partial charge on any atom is -0.390 e. The first kappa shape index (κ1) is 12.8. The van der Waals surface area contributed by atoms with Crippen LogP contribution in [0.3, 0.4) is 0 Å². The number of hydrogen-bond donors (Lipinski definition) is 2. The van der Waals surface area contributed by atoms with E-state index in [9.17, 15) is 9.90 Å². The van der Waals surface area contributed by atoms with E-state index in [1.54, 1.807) is 0 Å². The molecule has 1 amide bonds. The molecule has 2 fully saturated rings. The van der Waals surface area contributed by atoms with Gasteiger partial charge in [0, 0.05) is 13.2 Å². The van der Waals surface area contributed by atoms with Gasteiger partial charge in [-0.3, -0.25) is 4.79 Å². The van der Waals surface area contributed by atoms with E-state index < -0.39 is 5.60 Å². The molecule has 17 heavy (non-hydrogen) atoms. The van der Waals surface area contributed by atoms with E-state index in [0.717, 1.165) is 38.7 Å². The van der Waals surface area contributed by atoms with Crippen LogP contribution in [0.2, 0.25) is 0 Å². The summed E-state index contributed by atoms with van der Waals surface area (Å²) in [5.41, 5.74) is -0.498. The minimum atomic E-state index is -0.498. The molecule has 1 saturated carbocycles. The minimum absolute atomic E-state index is 0.0141. The Labute approximate surface area is 103 Å². The second-order valence-corrected chi connectivity index (χ2v) is 5.44. The highest BCUT2D eigenvalue weighted by molar-refractivity contribution is 5.79. The molecule has 0 aromatic rings. The molecule has 0 aromatic carbocycles. The van der Waals surface area contributed by atoms with Crippen LogP contribution in [-0.4, -0.2) is 35.9 Å². The number of hydrogen-bond acceptors (Lipinski definition) is 3. The quantitative estimate of drug-likeness (QED) is 0.778. The molecule has 0 spiro atoms. The van der Waals surface area contributed by atoms with E-state index in [2.05, 4.69) is 5.32 Å². The van der Waals surface area contributed by atoms with Gasteiger partial charge in [-0.25, -0.2) is 0 Å². The van der Waals surface area contributed by atoms with Crippen molar-refractivity contribution in [2.45, 2.75) is 57.2 Å². The van der Waals surface area contributed by atoms with Gasteiger partial charge in [0.15, 0.2) is 0 Å². The fourth-order valence-corrected chi connectivity index (χ4v) is 2.65. The monoisotopic (exact) mass is 241 g/mol. The van der Waals surface area contributed by atoms with E-state index >= 15 is 0 Å². The van der Waals surface area contributed by atoms with Crippen LogP contribution in [0.5, 0.6) is 0 Å². The van der Waals surface area contributed by atoms with Gasteiger partial charge in [0.2, 0.25) is 5.91 Å². The molecule has 0 aromatic heterocycles. The smallest absolute Gasteiger partial charge is 0.225 e. The van der Waals surface area contributed by atoms with E-state index in [4.69, 9.17) is 4.74 Å². The van der Waals surface area contributed by atoms with E-state index in [1.807, 2.05) is 6.92 Å². The second kappa shape index (κ2) is 5.36. The fourth-order valence-electron chi connectivity index (χ4n) is 2.65. The molecular weight excluding hydrogens is 218 g/mol. The summed E-state index contributed by atoms with van der Waals surface area (Å²) in [6.07, 6.45) is 5.45. The third-order valence-electron chi connectivity index (χ3n) is 4.12. The highest BCUT2D eigenvalue weighted by atomic mass is 16.5. The maximum Gasteiger partial charge on any atom is 0.225 e. The van der Waals surface area contributed by atoms with Gasteiger partial charge in [-0.05, 0) is 45.4 Å². The first-order valence-electron chi connectivity index (χ1n) is 6.72. The first-order valence-corrected chi connectivity index (χ1v) is 6.72. The molecule has 98 valence electrons. The Bertz CT molecular complexity index is 276. The second-order valence-electron chi connectivity index (χ2n) is 5.44. The summed E-state index contributed by atoms with van der Waals surface area (Å²) in [6.45, 7) is 3.31. The Morgan fingerprint density at radius 2 is 2.24 bits per heavy atom.